The van der Waals surface area contributed by atoms with Gasteiger partial charge in [-0.3, -0.25) is 24.0 Å². The maximum absolute atomic E-state index is 12.0. The molecule has 0 rings (SSSR count). The number of likely N-dealkylation sites (N-methyl/N-ethyl adjacent to an activating group) is 1. The van der Waals surface area contributed by atoms with Gasteiger partial charge in [-0.2, -0.15) is 0 Å². The van der Waals surface area contributed by atoms with E-state index in [1.54, 1.807) is 0 Å². The third kappa shape index (κ3) is 10.1. The highest BCUT2D eigenvalue weighted by Gasteiger charge is 2.27. The van der Waals surface area contributed by atoms with Gasteiger partial charge in [-0.1, -0.05) is 0 Å². The lowest BCUT2D eigenvalue weighted by Crippen LogP contribution is -2.38. The number of hydrogen-bond donors (Lipinski definition) is 0. The first-order valence-corrected chi connectivity index (χ1v) is 7.54. The molecular formula is C16H23NO9. The highest BCUT2D eigenvalue weighted by atomic mass is 16.6. The Kier molecular flexibility index (Phi) is 10.3. The van der Waals surface area contributed by atoms with Crippen LogP contribution in [0.15, 0.2) is 12.2 Å². The standard InChI is InChI=1S/C16H23NO9/c1-10(18)24-9-14(26-12(3)20)13(25-11(2)19)6-7-15(21)17(4)8-16(22)23-5/h6-7,13-14H,8-9H2,1-5H3/b7-6+/t13-,14+/m1/s1. The topological polar surface area (TPSA) is 126 Å². The van der Waals surface area contributed by atoms with E-state index in [1.807, 2.05) is 0 Å². The number of methoxy groups -OCH3 is 1. The van der Waals surface area contributed by atoms with E-state index < -0.39 is 42.0 Å². The molecule has 0 aromatic heterocycles. The van der Waals surface area contributed by atoms with Crippen molar-refractivity contribution in [2.24, 2.45) is 0 Å². The minimum Gasteiger partial charge on any atom is -0.468 e. The SMILES string of the molecule is COC(=O)CN(C)C(=O)/C=C/[C@@H](OC(C)=O)[C@H](COC(C)=O)OC(C)=O. The number of hydrogen-bond acceptors (Lipinski definition) is 9. The van der Waals surface area contributed by atoms with Gasteiger partial charge >= 0.3 is 23.9 Å². The van der Waals surface area contributed by atoms with Crippen LogP contribution in [0.2, 0.25) is 0 Å². The van der Waals surface area contributed by atoms with Gasteiger partial charge in [-0.25, -0.2) is 0 Å². The van der Waals surface area contributed by atoms with Crippen molar-refractivity contribution in [2.75, 3.05) is 27.3 Å². The van der Waals surface area contributed by atoms with Crippen molar-refractivity contribution in [3.8, 4) is 0 Å². The Morgan fingerprint density at radius 2 is 1.54 bits per heavy atom. The average molecular weight is 373 g/mol. The van der Waals surface area contributed by atoms with Crippen LogP contribution < -0.4 is 0 Å². The number of carbonyl (C=O) groups is 5. The molecule has 0 saturated carbocycles. The molecule has 0 aliphatic heterocycles. The fraction of sp³-hybridized carbons (Fsp3) is 0.562. The van der Waals surface area contributed by atoms with Crippen molar-refractivity contribution in [2.45, 2.75) is 33.0 Å². The molecule has 0 aromatic rings. The molecule has 0 fully saturated rings. The molecule has 0 saturated heterocycles. The fourth-order valence-corrected chi connectivity index (χ4v) is 1.68. The monoisotopic (exact) mass is 373 g/mol. The van der Waals surface area contributed by atoms with Crippen molar-refractivity contribution in [1.82, 2.24) is 4.90 Å². The zero-order chi connectivity index (χ0) is 20.3. The molecule has 1 amide bonds. The molecule has 0 heterocycles. The van der Waals surface area contributed by atoms with Crippen LogP contribution in [-0.2, 0) is 42.9 Å². The Hall–Kier alpha value is -2.91. The van der Waals surface area contributed by atoms with Gasteiger partial charge in [0.05, 0.1) is 7.11 Å². The molecule has 0 radical (unpaired) electrons. The minimum absolute atomic E-state index is 0.279. The van der Waals surface area contributed by atoms with Gasteiger partial charge in [0.25, 0.3) is 0 Å². The quantitative estimate of drug-likeness (QED) is 0.301. The van der Waals surface area contributed by atoms with Gasteiger partial charge in [0.15, 0.2) is 12.2 Å². The molecular weight excluding hydrogens is 350 g/mol. The van der Waals surface area contributed by atoms with Crippen molar-refractivity contribution >= 4 is 29.8 Å². The summed E-state index contributed by atoms with van der Waals surface area (Å²) in [6, 6.07) is 0. The normalized spacial score (nSPS) is 12.7. The molecule has 0 aliphatic rings. The summed E-state index contributed by atoms with van der Waals surface area (Å²) < 4.78 is 19.3. The summed E-state index contributed by atoms with van der Waals surface area (Å²) in [5.74, 6) is -3.21. The lowest BCUT2D eigenvalue weighted by molar-refractivity contribution is -0.169. The van der Waals surface area contributed by atoms with E-state index in [4.69, 9.17) is 14.2 Å². The first-order chi connectivity index (χ1) is 12.1. The Morgan fingerprint density at radius 1 is 0.962 bits per heavy atom. The summed E-state index contributed by atoms with van der Waals surface area (Å²) in [5.41, 5.74) is 0. The second kappa shape index (κ2) is 11.6. The fourth-order valence-electron chi connectivity index (χ4n) is 1.68. The van der Waals surface area contributed by atoms with E-state index in [2.05, 4.69) is 4.74 Å². The largest absolute Gasteiger partial charge is 0.468 e. The number of rotatable bonds is 9. The van der Waals surface area contributed by atoms with E-state index >= 15 is 0 Å². The van der Waals surface area contributed by atoms with Crippen molar-refractivity contribution in [3.63, 3.8) is 0 Å². The number of nitrogens with zero attached hydrogens (tertiary/aromatic N) is 1. The lowest BCUT2D eigenvalue weighted by Gasteiger charge is -2.23. The van der Waals surface area contributed by atoms with Crippen LogP contribution in [-0.4, -0.2) is 74.2 Å². The zero-order valence-electron chi connectivity index (χ0n) is 15.3. The maximum Gasteiger partial charge on any atom is 0.325 e. The molecule has 26 heavy (non-hydrogen) atoms. The zero-order valence-corrected chi connectivity index (χ0v) is 15.3. The van der Waals surface area contributed by atoms with Crippen LogP contribution in [0, 0.1) is 0 Å². The predicted molar refractivity (Wildman–Crippen MR) is 86.5 cm³/mol. The Labute approximate surface area is 151 Å². The van der Waals surface area contributed by atoms with Crippen LogP contribution >= 0.6 is 0 Å². The van der Waals surface area contributed by atoms with Crippen molar-refractivity contribution in [1.29, 1.82) is 0 Å². The van der Waals surface area contributed by atoms with E-state index in [0.717, 1.165) is 31.7 Å². The molecule has 0 bridgehead atoms. The smallest absolute Gasteiger partial charge is 0.325 e. The molecule has 146 valence electrons. The van der Waals surface area contributed by atoms with Gasteiger partial charge in [-0.05, 0) is 6.08 Å². The molecule has 0 spiro atoms. The molecule has 0 unspecified atom stereocenters. The van der Waals surface area contributed by atoms with Gasteiger partial charge in [0, 0.05) is 33.9 Å². The second-order valence-corrected chi connectivity index (χ2v) is 5.15. The summed E-state index contributed by atoms with van der Waals surface area (Å²) in [5, 5.41) is 0. The van der Waals surface area contributed by atoms with Gasteiger partial charge in [0.2, 0.25) is 5.91 Å². The van der Waals surface area contributed by atoms with Gasteiger partial charge in [-0.15, -0.1) is 0 Å². The summed E-state index contributed by atoms with van der Waals surface area (Å²) in [7, 11) is 2.55. The second-order valence-electron chi connectivity index (χ2n) is 5.15. The van der Waals surface area contributed by atoms with E-state index in [0.29, 0.717) is 0 Å². The number of esters is 4. The first-order valence-electron chi connectivity index (χ1n) is 7.54. The van der Waals surface area contributed by atoms with Crippen molar-refractivity contribution < 1.29 is 42.9 Å². The number of amides is 1. The van der Waals surface area contributed by atoms with E-state index in [-0.39, 0.29) is 13.2 Å². The maximum atomic E-state index is 12.0. The molecule has 0 aromatic carbocycles. The molecule has 10 nitrogen and oxygen atoms in total. The molecule has 0 N–H and O–H groups in total. The lowest BCUT2D eigenvalue weighted by atomic mass is 10.2. The van der Waals surface area contributed by atoms with Crippen LogP contribution in [0.3, 0.4) is 0 Å². The summed E-state index contributed by atoms with van der Waals surface area (Å²) in [6.45, 7) is 2.77. The Bertz CT molecular complexity index is 570. The summed E-state index contributed by atoms with van der Waals surface area (Å²) >= 11 is 0. The van der Waals surface area contributed by atoms with Gasteiger partial charge < -0.3 is 23.8 Å². The van der Waals surface area contributed by atoms with E-state index in [1.165, 1.54) is 20.2 Å². The molecule has 0 aliphatic carbocycles. The van der Waals surface area contributed by atoms with E-state index in [9.17, 15) is 24.0 Å². The summed E-state index contributed by atoms with van der Waals surface area (Å²) in [6.07, 6.45) is -0.100. The number of carbonyl (C=O) groups excluding carboxylic acids is 5. The predicted octanol–water partition coefficient (Wildman–Crippen LogP) is -0.399. The van der Waals surface area contributed by atoms with Crippen LogP contribution in [0.25, 0.3) is 0 Å². The molecule has 2 atom stereocenters. The Balaban J connectivity index is 5.24. The number of ether oxygens (including phenoxy) is 4. The minimum atomic E-state index is -1.17. The van der Waals surface area contributed by atoms with Crippen LogP contribution in [0.1, 0.15) is 20.8 Å². The van der Waals surface area contributed by atoms with Crippen molar-refractivity contribution in [3.05, 3.63) is 12.2 Å². The first kappa shape index (κ1) is 23.1. The van der Waals surface area contributed by atoms with Crippen LogP contribution in [0.4, 0.5) is 0 Å². The third-order valence-electron chi connectivity index (χ3n) is 2.84. The average Bonchev–Trinajstić information content (AvgIpc) is 2.53. The van der Waals surface area contributed by atoms with Crippen LogP contribution in [0.5, 0.6) is 0 Å². The highest BCUT2D eigenvalue weighted by molar-refractivity contribution is 5.90. The Morgan fingerprint density at radius 3 is 2.00 bits per heavy atom. The van der Waals surface area contributed by atoms with Gasteiger partial charge in [0.1, 0.15) is 13.2 Å². The third-order valence-corrected chi connectivity index (χ3v) is 2.84. The molecule has 10 heteroatoms. The summed E-state index contributed by atoms with van der Waals surface area (Å²) in [4.78, 5) is 57.7. The highest BCUT2D eigenvalue weighted by Crippen LogP contribution is 2.09.